The summed E-state index contributed by atoms with van der Waals surface area (Å²) >= 11 is 0. The number of carboxylic acid groups (broad SMARTS) is 1. The number of aromatic nitrogens is 2. The van der Waals surface area contributed by atoms with Gasteiger partial charge in [-0.2, -0.15) is 8.42 Å². The van der Waals surface area contributed by atoms with Crippen LogP contribution in [0.1, 0.15) is 58.0 Å². The average molecular weight is 478 g/mol. The van der Waals surface area contributed by atoms with Gasteiger partial charge in [-0.15, -0.1) is 0 Å². The fourth-order valence-electron chi connectivity index (χ4n) is 3.68. The van der Waals surface area contributed by atoms with E-state index in [1.54, 1.807) is 10.1 Å². The van der Waals surface area contributed by atoms with Crippen LogP contribution in [0.5, 0.6) is 0 Å². The number of benzene rings is 1. The van der Waals surface area contributed by atoms with Crippen molar-refractivity contribution < 1.29 is 18.3 Å². The van der Waals surface area contributed by atoms with E-state index in [0.29, 0.717) is 13.0 Å². The molecule has 32 heavy (non-hydrogen) atoms. The third-order valence-electron chi connectivity index (χ3n) is 4.98. The lowest BCUT2D eigenvalue weighted by molar-refractivity contribution is 0.201. The lowest BCUT2D eigenvalue weighted by Gasteiger charge is -2.20. The molecule has 1 amide bonds. The standard InChI is InChI=1S/C23H31N3O4S2/c1-16(2)12-20-13-19(15-31(20)32(29,30)25-22(27)28)18-8-6-17(7-9-18)14-26-11-10-24-21(26)23(3,4)5/h6-11,13,15-16,25,31H,12,14H2,1-5H3,(H,27,28). The minimum atomic E-state index is -4.00. The molecular formula is C23H31N3O4S2. The van der Waals surface area contributed by atoms with E-state index >= 15 is 0 Å². The van der Waals surface area contributed by atoms with Gasteiger partial charge in [0.1, 0.15) is 5.82 Å². The van der Waals surface area contributed by atoms with E-state index < -0.39 is 25.1 Å². The maximum atomic E-state index is 12.6. The number of nitrogens with one attached hydrogen (secondary N) is 1. The fraction of sp³-hybridized carbons (Fsp3) is 0.391. The number of nitrogens with zero attached hydrogens (tertiary/aromatic N) is 2. The molecule has 1 atom stereocenters. The number of rotatable bonds is 7. The van der Waals surface area contributed by atoms with E-state index in [4.69, 9.17) is 5.11 Å². The highest BCUT2D eigenvalue weighted by molar-refractivity contribution is 8.83. The van der Waals surface area contributed by atoms with Gasteiger partial charge in [-0.1, -0.05) is 68.8 Å². The molecule has 0 spiro atoms. The number of carbonyl (C=O) groups is 1. The van der Waals surface area contributed by atoms with E-state index in [1.807, 2.05) is 56.6 Å². The average Bonchev–Trinajstić information content (AvgIpc) is 3.28. The van der Waals surface area contributed by atoms with Crippen LogP contribution in [0.2, 0.25) is 0 Å². The minimum Gasteiger partial charge on any atom is -0.464 e. The number of hydrogen-bond acceptors (Lipinski definition) is 4. The smallest absolute Gasteiger partial charge is 0.419 e. The van der Waals surface area contributed by atoms with Crippen molar-refractivity contribution in [2.24, 2.45) is 5.92 Å². The molecule has 2 aromatic rings. The SMILES string of the molecule is CC(C)CC1=CC(c2ccc(Cn3ccnc3C(C)(C)C)cc2)=C[SH]1S(=O)(=O)NC(=O)O. The van der Waals surface area contributed by atoms with E-state index in [-0.39, 0.29) is 11.3 Å². The van der Waals surface area contributed by atoms with Gasteiger partial charge in [-0.05, 0) is 45.4 Å². The Bertz CT molecular complexity index is 1150. The molecule has 1 aliphatic rings. The molecule has 174 valence electrons. The van der Waals surface area contributed by atoms with E-state index in [0.717, 1.165) is 27.4 Å². The van der Waals surface area contributed by atoms with Crippen LogP contribution in [0.3, 0.4) is 0 Å². The van der Waals surface area contributed by atoms with Crippen LogP contribution in [-0.4, -0.2) is 29.2 Å². The molecule has 1 aromatic heterocycles. The maximum Gasteiger partial charge on any atom is 0.419 e. The summed E-state index contributed by atoms with van der Waals surface area (Å²) in [5.41, 5.74) is 2.78. The zero-order valence-electron chi connectivity index (χ0n) is 19.0. The maximum absolute atomic E-state index is 12.6. The predicted octanol–water partition coefficient (Wildman–Crippen LogP) is 5.03. The second-order valence-corrected chi connectivity index (χ2v) is 14.6. The van der Waals surface area contributed by atoms with Gasteiger partial charge in [0.05, 0.1) is 0 Å². The Morgan fingerprint density at radius 2 is 1.88 bits per heavy atom. The van der Waals surface area contributed by atoms with Crippen molar-refractivity contribution >= 4 is 30.6 Å². The highest BCUT2D eigenvalue weighted by Gasteiger charge is 2.30. The molecule has 1 aromatic carbocycles. The Balaban J connectivity index is 1.86. The summed E-state index contributed by atoms with van der Waals surface area (Å²) in [5, 5.41) is 10.6. The highest BCUT2D eigenvalue weighted by Crippen LogP contribution is 2.52. The van der Waals surface area contributed by atoms with E-state index in [9.17, 15) is 13.2 Å². The first kappa shape index (κ1) is 24.1. The van der Waals surface area contributed by atoms with Crippen molar-refractivity contribution in [3.05, 3.63) is 70.0 Å². The Morgan fingerprint density at radius 1 is 1.22 bits per heavy atom. The van der Waals surface area contributed by atoms with Gasteiger partial charge < -0.3 is 9.67 Å². The molecule has 0 radical (unpaired) electrons. The highest BCUT2D eigenvalue weighted by atomic mass is 33.2. The van der Waals surface area contributed by atoms with Gasteiger partial charge in [0.2, 0.25) is 0 Å². The van der Waals surface area contributed by atoms with E-state index in [2.05, 4.69) is 30.3 Å². The van der Waals surface area contributed by atoms with Gasteiger partial charge in [0.15, 0.2) is 0 Å². The summed E-state index contributed by atoms with van der Waals surface area (Å²) in [5.74, 6) is 1.27. The van der Waals surface area contributed by atoms with Gasteiger partial charge in [0.25, 0.3) is 9.06 Å². The largest absolute Gasteiger partial charge is 0.464 e. The van der Waals surface area contributed by atoms with Crippen LogP contribution in [0.4, 0.5) is 4.79 Å². The molecule has 0 saturated carbocycles. The van der Waals surface area contributed by atoms with Crippen LogP contribution in [0, 0.1) is 5.92 Å². The second-order valence-electron chi connectivity index (χ2n) is 9.35. The normalized spacial score (nSPS) is 17.9. The first-order chi connectivity index (χ1) is 14.9. The first-order valence-electron chi connectivity index (χ1n) is 10.5. The molecule has 9 heteroatoms. The van der Waals surface area contributed by atoms with Crippen molar-refractivity contribution in [1.29, 1.82) is 0 Å². The number of thiol groups is 1. The van der Waals surface area contributed by atoms with Crippen molar-refractivity contribution in [3.63, 3.8) is 0 Å². The summed E-state index contributed by atoms with van der Waals surface area (Å²) in [7, 11) is -5.77. The summed E-state index contributed by atoms with van der Waals surface area (Å²) in [6.45, 7) is 11.1. The topological polar surface area (TPSA) is 101 Å². The molecular weight excluding hydrogens is 446 g/mol. The molecule has 0 fully saturated rings. The molecule has 1 aliphatic heterocycles. The molecule has 3 rings (SSSR count). The zero-order valence-corrected chi connectivity index (χ0v) is 20.7. The Labute approximate surface area is 192 Å². The molecule has 2 heterocycles. The fourth-order valence-corrected chi connectivity index (χ4v) is 8.49. The van der Waals surface area contributed by atoms with Crippen LogP contribution >= 0.6 is 9.93 Å². The summed E-state index contributed by atoms with van der Waals surface area (Å²) < 4.78 is 29.0. The lowest BCUT2D eigenvalue weighted by Crippen LogP contribution is -2.28. The third kappa shape index (κ3) is 5.63. The van der Waals surface area contributed by atoms with Crippen LogP contribution in [-0.2, 0) is 21.0 Å². The van der Waals surface area contributed by atoms with Gasteiger partial charge >= 0.3 is 6.09 Å². The quantitative estimate of drug-likeness (QED) is 0.384. The Hall–Kier alpha value is -2.52. The lowest BCUT2D eigenvalue weighted by atomic mass is 9.95. The summed E-state index contributed by atoms with van der Waals surface area (Å²) in [6.07, 6.45) is 4.72. The first-order valence-corrected chi connectivity index (χ1v) is 13.9. The van der Waals surface area contributed by atoms with Gasteiger partial charge in [0, 0.05) is 24.4 Å². The van der Waals surface area contributed by atoms with Crippen LogP contribution < -0.4 is 4.72 Å². The summed E-state index contributed by atoms with van der Waals surface area (Å²) in [4.78, 5) is 16.2. The molecule has 0 saturated heterocycles. The van der Waals surface area contributed by atoms with Gasteiger partial charge in [-0.3, -0.25) is 0 Å². The van der Waals surface area contributed by atoms with Crippen molar-refractivity contribution in [3.8, 4) is 0 Å². The number of allylic oxidation sites excluding steroid dienone is 3. The molecule has 7 nitrogen and oxygen atoms in total. The Kier molecular flexibility index (Phi) is 6.90. The zero-order chi connectivity index (χ0) is 23.7. The Morgan fingerprint density at radius 3 is 2.44 bits per heavy atom. The molecule has 1 unspecified atom stereocenters. The van der Waals surface area contributed by atoms with Crippen molar-refractivity contribution in [2.45, 2.75) is 53.0 Å². The number of imidazole rings is 1. The second kappa shape index (κ2) is 9.15. The van der Waals surface area contributed by atoms with E-state index in [1.165, 1.54) is 0 Å². The van der Waals surface area contributed by atoms with Crippen molar-refractivity contribution in [1.82, 2.24) is 14.3 Å². The van der Waals surface area contributed by atoms with Crippen LogP contribution in [0.25, 0.3) is 5.57 Å². The number of hydrogen-bond donors (Lipinski definition) is 3. The number of amides is 1. The van der Waals surface area contributed by atoms with Gasteiger partial charge in [-0.25, -0.2) is 14.5 Å². The monoisotopic (exact) mass is 477 g/mol. The predicted molar refractivity (Wildman–Crippen MR) is 131 cm³/mol. The molecule has 0 bridgehead atoms. The summed E-state index contributed by atoms with van der Waals surface area (Å²) in [6, 6.07) is 8.02. The molecule has 2 N–H and O–H groups in total. The minimum absolute atomic E-state index is 0.0532. The van der Waals surface area contributed by atoms with Crippen molar-refractivity contribution in [2.75, 3.05) is 0 Å². The molecule has 0 aliphatic carbocycles. The third-order valence-corrected chi connectivity index (χ3v) is 10.2. The van der Waals surface area contributed by atoms with Crippen LogP contribution in [0.15, 0.2) is 53.0 Å².